The number of carbonyl (C=O) groups is 1. The fourth-order valence-electron chi connectivity index (χ4n) is 1.74. The molecule has 1 aromatic heterocycles. The highest BCUT2D eigenvalue weighted by atomic mass is 35.5. The second-order valence-corrected chi connectivity index (χ2v) is 5.64. The Balaban J connectivity index is 1.71. The summed E-state index contributed by atoms with van der Waals surface area (Å²) in [7, 11) is 0. The topological polar surface area (TPSA) is 66.9 Å². The van der Waals surface area contributed by atoms with Gasteiger partial charge in [0.1, 0.15) is 0 Å². The molecule has 3 rings (SSSR count). The molecule has 1 aromatic carbocycles. The van der Waals surface area contributed by atoms with Gasteiger partial charge in [0.25, 0.3) is 5.91 Å². The van der Waals surface area contributed by atoms with Gasteiger partial charge in [-0.1, -0.05) is 23.2 Å². The zero-order valence-electron chi connectivity index (χ0n) is 10.9. The maximum absolute atomic E-state index is 11.8. The Morgan fingerprint density at radius 1 is 1.14 bits per heavy atom. The van der Waals surface area contributed by atoms with Gasteiger partial charge in [-0.15, -0.1) is 10.2 Å². The first kappa shape index (κ1) is 14.1. The Morgan fingerprint density at radius 3 is 2.62 bits per heavy atom. The molecule has 0 saturated heterocycles. The van der Waals surface area contributed by atoms with Gasteiger partial charge in [0.05, 0.1) is 10.7 Å². The number of benzene rings is 1. The highest BCUT2D eigenvalue weighted by Crippen LogP contribution is 2.27. The molecule has 0 radical (unpaired) electrons. The minimum Gasteiger partial charge on any atom is -0.348 e. The van der Waals surface area contributed by atoms with Crippen LogP contribution in [-0.2, 0) is 0 Å². The van der Waals surface area contributed by atoms with Crippen LogP contribution in [-0.4, -0.2) is 22.1 Å². The van der Waals surface area contributed by atoms with Crippen LogP contribution in [0.25, 0.3) is 0 Å². The Hall–Kier alpha value is -1.85. The van der Waals surface area contributed by atoms with Crippen molar-refractivity contribution < 1.29 is 4.79 Å². The van der Waals surface area contributed by atoms with E-state index in [1.807, 2.05) is 0 Å². The number of nitrogens with one attached hydrogen (secondary N) is 2. The summed E-state index contributed by atoms with van der Waals surface area (Å²) < 4.78 is 0. The maximum Gasteiger partial charge on any atom is 0.272 e. The average Bonchev–Trinajstić information content (AvgIpc) is 3.27. The number of rotatable bonds is 4. The third-order valence-electron chi connectivity index (χ3n) is 3.00. The van der Waals surface area contributed by atoms with E-state index in [-0.39, 0.29) is 5.91 Å². The monoisotopic (exact) mass is 322 g/mol. The molecule has 1 aliphatic rings. The summed E-state index contributed by atoms with van der Waals surface area (Å²) in [5, 5.41) is 14.8. The summed E-state index contributed by atoms with van der Waals surface area (Å²) >= 11 is 12.0. The quantitative estimate of drug-likeness (QED) is 0.905. The lowest BCUT2D eigenvalue weighted by Gasteiger charge is -2.08. The summed E-state index contributed by atoms with van der Waals surface area (Å²) in [5.74, 6) is 0.291. The minimum atomic E-state index is -0.197. The molecule has 0 atom stereocenters. The molecule has 0 spiro atoms. The number of amides is 1. The van der Waals surface area contributed by atoms with E-state index in [0.29, 0.717) is 33.3 Å². The molecule has 7 heteroatoms. The van der Waals surface area contributed by atoms with Gasteiger partial charge in [-0.05, 0) is 43.2 Å². The number of anilines is 2. The molecule has 5 nitrogen and oxygen atoms in total. The highest BCUT2D eigenvalue weighted by Gasteiger charge is 2.24. The predicted molar refractivity (Wildman–Crippen MR) is 82.3 cm³/mol. The molecular formula is C14H12Cl2N4O. The van der Waals surface area contributed by atoms with E-state index in [1.54, 1.807) is 30.3 Å². The molecule has 2 aromatic rings. The van der Waals surface area contributed by atoms with Crippen molar-refractivity contribution in [3.63, 3.8) is 0 Å². The number of halogens is 2. The lowest BCUT2D eigenvalue weighted by Crippen LogP contribution is -2.26. The van der Waals surface area contributed by atoms with E-state index < -0.39 is 0 Å². The number of carbonyl (C=O) groups excluding carboxylic acids is 1. The molecule has 108 valence electrons. The van der Waals surface area contributed by atoms with Gasteiger partial charge in [-0.25, -0.2) is 0 Å². The zero-order chi connectivity index (χ0) is 14.8. The summed E-state index contributed by atoms with van der Waals surface area (Å²) in [6.07, 6.45) is 2.07. The second-order valence-electron chi connectivity index (χ2n) is 4.80. The van der Waals surface area contributed by atoms with Crippen LogP contribution < -0.4 is 10.6 Å². The number of hydrogen-bond acceptors (Lipinski definition) is 4. The van der Waals surface area contributed by atoms with E-state index in [4.69, 9.17) is 23.2 Å². The minimum absolute atomic E-state index is 0.197. The van der Waals surface area contributed by atoms with Crippen molar-refractivity contribution in [2.24, 2.45) is 0 Å². The van der Waals surface area contributed by atoms with Crippen molar-refractivity contribution in [2.75, 3.05) is 5.32 Å². The summed E-state index contributed by atoms with van der Waals surface area (Å²) in [5.41, 5.74) is 0.929. The van der Waals surface area contributed by atoms with Crippen molar-refractivity contribution in [1.29, 1.82) is 0 Å². The zero-order valence-corrected chi connectivity index (χ0v) is 12.4. The Bertz CT molecular complexity index is 671. The number of nitrogens with zero attached hydrogens (tertiary/aromatic N) is 2. The normalized spacial score (nSPS) is 13.8. The first-order valence-corrected chi connectivity index (χ1v) is 7.24. The fraction of sp³-hybridized carbons (Fsp3) is 0.214. The van der Waals surface area contributed by atoms with Crippen LogP contribution in [0.4, 0.5) is 11.5 Å². The van der Waals surface area contributed by atoms with Crippen LogP contribution in [0.15, 0.2) is 30.3 Å². The van der Waals surface area contributed by atoms with Gasteiger partial charge in [-0.3, -0.25) is 4.79 Å². The van der Waals surface area contributed by atoms with E-state index >= 15 is 0 Å². The Kier molecular flexibility index (Phi) is 3.94. The molecule has 1 aliphatic carbocycles. The summed E-state index contributed by atoms with van der Waals surface area (Å²) in [6, 6.07) is 8.67. The summed E-state index contributed by atoms with van der Waals surface area (Å²) in [6.45, 7) is 0. The number of aromatic nitrogens is 2. The first-order valence-electron chi connectivity index (χ1n) is 6.48. The molecular weight excluding hydrogens is 311 g/mol. The third-order valence-corrected chi connectivity index (χ3v) is 3.57. The van der Waals surface area contributed by atoms with Crippen LogP contribution in [0, 0.1) is 0 Å². The first-order chi connectivity index (χ1) is 10.1. The van der Waals surface area contributed by atoms with Gasteiger partial charge in [0.2, 0.25) is 0 Å². The SMILES string of the molecule is O=C(NC1CC1)c1ccc(Nc2cc(Cl)ccc2Cl)nn1. The Morgan fingerprint density at radius 2 is 1.95 bits per heavy atom. The van der Waals surface area contributed by atoms with Gasteiger partial charge in [0, 0.05) is 11.1 Å². The fourth-order valence-corrected chi connectivity index (χ4v) is 2.08. The van der Waals surface area contributed by atoms with Gasteiger partial charge >= 0.3 is 0 Å². The van der Waals surface area contributed by atoms with Crippen molar-refractivity contribution in [3.8, 4) is 0 Å². The van der Waals surface area contributed by atoms with Crippen molar-refractivity contribution in [3.05, 3.63) is 46.1 Å². The number of hydrogen-bond donors (Lipinski definition) is 2. The largest absolute Gasteiger partial charge is 0.348 e. The molecule has 1 saturated carbocycles. The van der Waals surface area contributed by atoms with Crippen LogP contribution >= 0.6 is 23.2 Å². The van der Waals surface area contributed by atoms with Crippen LogP contribution in [0.5, 0.6) is 0 Å². The molecule has 1 heterocycles. The standard InChI is InChI=1S/C14H12Cl2N4O/c15-8-1-4-10(16)12(7-8)18-13-6-5-11(19-20-13)14(21)17-9-2-3-9/h1,4-7,9H,2-3H2,(H,17,21)(H,18,20). The van der Waals surface area contributed by atoms with Crippen molar-refractivity contribution in [2.45, 2.75) is 18.9 Å². The lowest BCUT2D eigenvalue weighted by atomic mass is 10.3. The van der Waals surface area contributed by atoms with Crippen LogP contribution in [0.3, 0.4) is 0 Å². The summed E-state index contributed by atoms with van der Waals surface area (Å²) in [4.78, 5) is 11.8. The molecule has 21 heavy (non-hydrogen) atoms. The molecule has 2 N–H and O–H groups in total. The van der Waals surface area contributed by atoms with Gasteiger partial charge < -0.3 is 10.6 Å². The van der Waals surface area contributed by atoms with E-state index in [1.165, 1.54) is 0 Å². The average molecular weight is 323 g/mol. The third kappa shape index (κ3) is 3.62. The second kappa shape index (κ2) is 5.87. The molecule has 0 unspecified atom stereocenters. The molecule has 0 aliphatic heterocycles. The molecule has 1 fully saturated rings. The van der Waals surface area contributed by atoms with Crippen molar-refractivity contribution >= 4 is 40.6 Å². The highest BCUT2D eigenvalue weighted by molar-refractivity contribution is 6.35. The van der Waals surface area contributed by atoms with Crippen molar-refractivity contribution in [1.82, 2.24) is 15.5 Å². The maximum atomic E-state index is 11.8. The van der Waals surface area contributed by atoms with E-state index in [0.717, 1.165) is 12.8 Å². The van der Waals surface area contributed by atoms with E-state index in [9.17, 15) is 4.79 Å². The molecule has 1 amide bonds. The van der Waals surface area contributed by atoms with Crippen LogP contribution in [0.2, 0.25) is 10.0 Å². The van der Waals surface area contributed by atoms with Crippen LogP contribution in [0.1, 0.15) is 23.3 Å². The van der Waals surface area contributed by atoms with E-state index in [2.05, 4.69) is 20.8 Å². The smallest absolute Gasteiger partial charge is 0.272 e. The predicted octanol–water partition coefficient (Wildman–Crippen LogP) is 3.42. The molecule has 0 bridgehead atoms. The van der Waals surface area contributed by atoms with Gasteiger partial charge in [0.15, 0.2) is 11.5 Å². The van der Waals surface area contributed by atoms with Gasteiger partial charge in [-0.2, -0.15) is 0 Å². The lowest BCUT2D eigenvalue weighted by molar-refractivity contribution is 0.0945. The Labute approximate surface area is 131 Å².